The Bertz CT molecular complexity index is 908. The molecule has 2 aliphatic rings. The van der Waals surface area contributed by atoms with Gasteiger partial charge in [0.2, 0.25) is 0 Å². The summed E-state index contributed by atoms with van der Waals surface area (Å²) in [5, 5.41) is 4.38. The van der Waals surface area contributed by atoms with Gasteiger partial charge in [0.1, 0.15) is 18.0 Å². The summed E-state index contributed by atoms with van der Waals surface area (Å²) in [4.78, 5) is 20.1. The quantitative estimate of drug-likeness (QED) is 0.746. The van der Waals surface area contributed by atoms with Crippen LogP contribution in [0.5, 0.6) is 0 Å². The molecule has 0 aromatic carbocycles. The molecule has 2 fully saturated rings. The van der Waals surface area contributed by atoms with E-state index < -0.39 is 0 Å². The van der Waals surface area contributed by atoms with Gasteiger partial charge >= 0.3 is 0 Å². The third-order valence-corrected chi connectivity index (χ3v) is 6.23. The zero-order valence-electron chi connectivity index (χ0n) is 13.7. The Balaban J connectivity index is 1.52. The predicted octanol–water partition coefficient (Wildman–Crippen LogP) is 3.33. The van der Waals surface area contributed by atoms with Crippen LogP contribution in [0.15, 0.2) is 24.7 Å². The molecule has 128 valence electrons. The Hall–Kier alpha value is -2.48. The van der Waals surface area contributed by atoms with E-state index >= 15 is 0 Å². The summed E-state index contributed by atoms with van der Waals surface area (Å²) in [6, 6.07) is 4.99. The molecular formula is C17H19N7S. The topological polar surface area (TPSA) is 92.8 Å². The first-order valence-electron chi connectivity index (χ1n) is 8.66. The first-order valence-corrected chi connectivity index (χ1v) is 9.48. The van der Waals surface area contributed by atoms with Crippen molar-refractivity contribution in [1.82, 2.24) is 19.9 Å². The maximum absolute atomic E-state index is 5.74. The summed E-state index contributed by atoms with van der Waals surface area (Å²) < 4.78 is 1.06. The van der Waals surface area contributed by atoms with Crippen LogP contribution in [0.1, 0.15) is 32.1 Å². The minimum atomic E-state index is 0.430. The monoisotopic (exact) mass is 353 g/mol. The number of aromatic nitrogens is 4. The van der Waals surface area contributed by atoms with Crippen molar-refractivity contribution < 1.29 is 0 Å². The maximum Gasteiger partial charge on any atom is 0.187 e. The SMILES string of the molecule is Nc1cc(Nc2nccc3nc(N4C5CCCC4CC5)sc23)ncn1. The molecule has 0 radical (unpaired) electrons. The van der Waals surface area contributed by atoms with Crippen molar-refractivity contribution in [3.63, 3.8) is 0 Å². The van der Waals surface area contributed by atoms with Crippen LogP contribution < -0.4 is 16.0 Å². The van der Waals surface area contributed by atoms with Gasteiger partial charge in [-0.2, -0.15) is 0 Å². The highest BCUT2D eigenvalue weighted by Gasteiger charge is 2.38. The molecule has 0 saturated carbocycles. The normalized spacial score (nSPS) is 22.5. The molecule has 2 bridgehead atoms. The van der Waals surface area contributed by atoms with Crippen LogP contribution in [-0.2, 0) is 0 Å². The molecule has 5 heterocycles. The highest BCUT2D eigenvalue weighted by molar-refractivity contribution is 7.22. The average Bonchev–Trinajstić information content (AvgIpc) is 3.13. The Morgan fingerprint density at radius 1 is 1.12 bits per heavy atom. The Labute approximate surface area is 149 Å². The highest BCUT2D eigenvalue weighted by atomic mass is 32.1. The molecule has 0 aliphatic carbocycles. The predicted molar refractivity (Wildman–Crippen MR) is 100 cm³/mol. The standard InChI is InChI=1S/C17H19N7S/c18-13-8-14(21-9-20-13)23-16-15-12(6-7-19-16)22-17(25-15)24-10-2-1-3-11(24)5-4-10/h6-11H,1-5H2,(H3,18,19,20,21,23). The van der Waals surface area contributed by atoms with Crippen molar-refractivity contribution in [2.75, 3.05) is 16.0 Å². The van der Waals surface area contributed by atoms with Crippen LogP contribution in [-0.4, -0.2) is 32.0 Å². The number of hydrogen-bond acceptors (Lipinski definition) is 8. The van der Waals surface area contributed by atoms with Crippen molar-refractivity contribution in [2.45, 2.75) is 44.2 Å². The first kappa shape index (κ1) is 14.8. The number of nitrogens with zero attached hydrogens (tertiary/aromatic N) is 5. The first-order chi connectivity index (χ1) is 12.3. The van der Waals surface area contributed by atoms with Crippen molar-refractivity contribution in [3.05, 3.63) is 24.7 Å². The number of piperidine rings is 1. The smallest absolute Gasteiger partial charge is 0.187 e. The molecule has 2 atom stereocenters. The lowest BCUT2D eigenvalue weighted by Gasteiger charge is -2.34. The van der Waals surface area contributed by atoms with Crippen LogP contribution in [0, 0.1) is 0 Å². The number of pyridine rings is 1. The fourth-order valence-corrected chi connectivity index (χ4v) is 5.18. The number of fused-ring (bicyclic) bond motifs is 3. The summed E-state index contributed by atoms with van der Waals surface area (Å²) in [5.41, 5.74) is 6.71. The number of nitrogens with two attached hydrogens (primary N) is 1. The lowest BCUT2D eigenvalue weighted by molar-refractivity contribution is 0.468. The minimum Gasteiger partial charge on any atom is -0.384 e. The Morgan fingerprint density at radius 2 is 1.96 bits per heavy atom. The summed E-state index contributed by atoms with van der Waals surface area (Å²) in [6.07, 6.45) is 9.74. The van der Waals surface area contributed by atoms with Gasteiger partial charge in [0.25, 0.3) is 0 Å². The lowest BCUT2D eigenvalue weighted by Crippen LogP contribution is -2.39. The summed E-state index contributed by atoms with van der Waals surface area (Å²) in [5.74, 6) is 1.84. The molecule has 8 heteroatoms. The summed E-state index contributed by atoms with van der Waals surface area (Å²) >= 11 is 1.72. The number of thiazole rings is 1. The third kappa shape index (κ3) is 2.57. The van der Waals surface area contributed by atoms with Crippen LogP contribution in [0.25, 0.3) is 10.2 Å². The van der Waals surface area contributed by atoms with E-state index in [1.807, 2.05) is 6.07 Å². The van der Waals surface area contributed by atoms with Crippen molar-refractivity contribution >= 4 is 44.1 Å². The van der Waals surface area contributed by atoms with Gasteiger partial charge in [-0.05, 0) is 38.2 Å². The number of nitrogens with one attached hydrogen (secondary N) is 1. The Kier molecular flexibility index (Phi) is 3.44. The number of rotatable bonds is 3. The van der Waals surface area contributed by atoms with E-state index in [0.29, 0.717) is 23.7 Å². The second kappa shape index (κ2) is 5.80. The van der Waals surface area contributed by atoms with Gasteiger partial charge in [-0.25, -0.2) is 19.9 Å². The van der Waals surface area contributed by atoms with E-state index in [1.165, 1.54) is 38.4 Å². The van der Waals surface area contributed by atoms with E-state index in [-0.39, 0.29) is 0 Å². The molecule has 5 rings (SSSR count). The molecule has 3 aromatic heterocycles. The molecule has 0 amide bonds. The fourth-order valence-electron chi connectivity index (χ4n) is 4.03. The molecule has 0 spiro atoms. The highest BCUT2D eigenvalue weighted by Crippen LogP contribution is 2.43. The minimum absolute atomic E-state index is 0.430. The van der Waals surface area contributed by atoms with Gasteiger partial charge in [0, 0.05) is 24.3 Å². The number of anilines is 4. The number of hydrogen-bond donors (Lipinski definition) is 2. The van der Waals surface area contributed by atoms with Crippen LogP contribution in [0.2, 0.25) is 0 Å². The summed E-state index contributed by atoms with van der Waals surface area (Å²) in [6.45, 7) is 0. The van der Waals surface area contributed by atoms with Crippen LogP contribution in [0.4, 0.5) is 22.6 Å². The van der Waals surface area contributed by atoms with Gasteiger partial charge in [0.05, 0.1) is 10.2 Å². The summed E-state index contributed by atoms with van der Waals surface area (Å²) in [7, 11) is 0. The van der Waals surface area contributed by atoms with E-state index in [2.05, 4.69) is 25.2 Å². The fraction of sp³-hybridized carbons (Fsp3) is 0.412. The largest absolute Gasteiger partial charge is 0.384 e. The Morgan fingerprint density at radius 3 is 2.76 bits per heavy atom. The molecule has 2 unspecified atom stereocenters. The van der Waals surface area contributed by atoms with Gasteiger partial charge in [-0.3, -0.25) is 0 Å². The number of nitrogen functional groups attached to an aromatic ring is 1. The van der Waals surface area contributed by atoms with Gasteiger partial charge in [0.15, 0.2) is 10.9 Å². The van der Waals surface area contributed by atoms with E-state index in [9.17, 15) is 0 Å². The van der Waals surface area contributed by atoms with Crippen molar-refractivity contribution in [1.29, 1.82) is 0 Å². The molecule has 2 saturated heterocycles. The lowest BCUT2D eigenvalue weighted by atomic mass is 10.0. The molecule has 7 nitrogen and oxygen atoms in total. The molecule has 25 heavy (non-hydrogen) atoms. The van der Waals surface area contributed by atoms with Crippen molar-refractivity contribution in [2.24, 2.45) is 0 Å². The molecular weight excluding hydrogens is 334 g/mol. The van der Waals surface area contributed by atoms with Crippen LogP contribution in [0.3, 0.4) is 0 Å². The average molecular weight is 353 g/mol. The third-order valence-electron chi connectivity index (χ3n) is 5.14. The van der Waals surface area contributed by atoms with E-state index in [0.717, 1.165) is 21.2 Å². The van der Waals surface area contributed by atoms with Gasteiger partial charge in [-0.1, -0.05) is 11.3 Å². The van der Waals surface area contributed by atoms with Crippen LogP contribution >= 0.6 is 11.3 Å². The second-order valence-electron chi connectivity index (χ2n) is 6.68. The van der Waals surface area contributed by atoms with Gasteiger partial charge < -0.3 is 16.0 Å². The van der Waals surface area contributed by atoms with Gasteiger partial charge in [-0.15, -0.1) is 0 Å². The molecule has 3 N–H and O–H groups in total. The zero-order chi connectivity index (χ0) is 16.8. The zero-order valence-corrected chi connectivity index (χ0v) is 14.5. The second-order valence-corrected chi connectivity index (χ2v) is 7.66. The molecule has 2 aliphatic heterocycles. The molecule has 3 aromatic rings. The van der Waals surface area contributed by atoms with Crippen molar-refractivity contribution in [3.8, 4) is 0 Å². The van der Waals surface area contributed by atoms with E-state index in [1.54, 1.807) is 23.6 Å². The maximum atomic E-state index is 5.74. The van der Waals surface area contributed by atoms with E-state index in [4.69, 9.17) is 10.7 Å².